The molecule has 0 atom stereocenters. The highest BCUT2D eigenvalue weighted by molar-refractivity contribution is 5.33. The maximum atomic E-state index is 4.79. The summed E-state index contributed by atoms with van der Waals surface area (Å²) in [6.07, 6.45) is 10.2. The van der Waals surface area contributed by atoms with E-state index in [1.54, 1.807) is 0 Å². The van der Waals surface area contributed by atoms with Gasteiger partial charge in [0.1, 0.15) is 0 Å². The number of rotatable bonds is 4. The molecule has 112 valence electrons. The fourth-order valence-electron chi connectivity index (χ4n) is 3.77. The van der Waals surface area contributed by atoms with Crippen LogP contribution in [0.15, 0.2) is 6.20 Å². The third-order valence-corrected chi connectivity index (χ3v) is 4.88. The Morgan fingerprint density at radius 2 is 1.95 bits per heavy atom. The molecule has 1 saturated heterocycles. The zero-order valence-electron chi connectivity index (χ0n) is 12.9. The smallest absolute Gasteiger partial charge is 0.205 e. The van der Waals surface area contributed by atoms with Crippen molar-refractivity contribution >= 4 is 5.95 Å². The Kier molecular flexibility index (Phi) is 4.29. The highest BCUT2D eigenvalue weighted by Crippen LogP contribution is 2.33. The Labute approximate surface area is 122 Å². The third kappa shape index (κ3) is 3.00. The highest BCUT2D eigenvalue weighted by Gasteiger charge is 2.23. The van der Waals surface area contributed by atoms with Crippen molar-refractivity contribution in [3.05, 3.63) is 11.9 Å². The van der Waals surface area contributed by atoms with Gasteiger partial charge in [-0.05, 0) is 51.6 Å². The summed E-state index contributed by atoms with van der Waals surface area (Å²) in [5.41, 5.74) is 1.16. The molecule has 0 amide bonds. The first-order valence-electron chi connectivity index (χ1n) is 8.21. The largest absolute Gasteiger partial charge is 0.345 e. The first kappa shape index (κ1) is 13.9. The molecule has 4 heteroatoms. The van der Waals surface area contributed by atoms with Crippen LogP contribution in [-0.4, -0.2) is 36.2 Å². The summed E-state index contributed by atoms with van der Waals surface area (Å²) < 4.78 is 2.45. The minimum absolute atomic E-state index is 0.682. The van der Waals surface area contributed by atoms with E-state index < -0.39 is 0 Å². The summed E-state index contributed by atoms with van der Waals surface area (Å²) in [6.45, 7) is 5.61. The van der Waals surface area contributed by atoms with Crippen LogP contribution in [-0.2, 0) is 0 Å². The summed E-state index contributed by atoms with van der Waals surface area (Å²) >= 11 is 0. The lowest BCUT2D eigenvalue weighted by Crippen LogP contribution is -2.35. The topological polar surface area (TPSA) is 33.1 Å². The molecule has 2 aliphatic rings. The van der Waals surface area contributed by atoms with Crippen LogP contribution in [0.3, 0.4) is 0 Å². The number of anilines is 1. The molecule has 0 spiro atoms. The number of nitrogens with zero attached hydrogens (tertiary/aromatic N) is 3. The van der Waals surface area contributed by atoms with Crippen LogP contribution in [0.5, 0.6) is 0 Å². The summed E-state index contributed by atoms with van der Waals surface area (Å²) in [4.78, 5) is 7.18. The number of piperidine rings is 1. The van der Waals surface area contributed by atoms with Crippen LogP contribution in [0.4, 0.5) is 5.95 Å². The van der Waals surface area contributed by atoms with Gasteiger partial charge in [0.25, 0.3) is 0 Å². The molecule has 1 saturated carbocycles. The molecule has 3 rings (SSSR count). The molecular weight excluding hydrogens is 248 g/mol. The van der Waals surface area contributed by atoms with E-state index in [9.17, 15) is 0 Å². The molecule has 2 heterocycles. The second-order valence-corrected chi connectivity index (χ2v) is 6.60. The number of nitrogens with one attached hydrogen (secondary N) is 1. The molecule has 1 aliphatic heterocycles. The molecule has 1 aromatic heterocycles. The van der Waals surface area contributed by atoms with Gasteiger partial charge in [-0.25, -0.2) is 4.98 Å². The van der Waals surface area contributed by atoms with Gasteiger partial charge in [0, 0.05) is 25.8 Å². The third-order valence-electron chi connectivity index (χ3n) is 4.88. The molecular formula is C16H28N4. The fraction of sp³-hybridized carbons (Fsp3) is 0.812. The maximum absolute atomic E-state index is 4.79. The number of hydrogen-bond donors (Lipinski definition) is 1. The van der Waals surface area contributed by atoms with Gasteiger partial charge in [-0.15, -0.1) is 0 Å². The zero-order chi connectivity index (χ0) is 13.9. The van der Waals surface area contributed by atoms with Crippen molar-refractivity contribution in [3.63, 3.8) is 0 Å². The van der Waals surface area contributed by atoms with Crippen molar-refractivity contribution in [3.8, 4) is 0 Å². The quantitative estimate of drug-likeness (QED) is 0.918. The summed E-state index contributed by atoms with van der Waals surface area (Å²) in [6, 6.07) is 0.682. The molecule has 1 aliphatic carbocycles. The Hall–Kier alpha value is -1.03. The van der Waals surface area contributed by atoms with E-state index in [2.05, 4.69) is 35.0 Å². The summed E-state index contributed by atoms with van der Waals surface area (Å²) in [5, 5.41) is 3.45. The van der Waals surface area contributed by atoms with Crippen molar-refractivity contribution in [2.24, 2.45) is 5.92 Å². The van der Waals surface area contributed by atoms with Gasteiger partial charge in [0.2, 0.25) is 5.95 Å². The van der Waals surface area contributed by atoms with Crippen LogP contribution in [0.2, 0.25) is 0 Å². The standard InChI is InChI=1S/C16H28N4/c1-13-11-20(15-5-3-4-6-15)16(18-13)19(2)12-14-7-9-17-10-8-14/h11,14-15,17H,3-10,12H2,1-2H3. The van der Waals surface area contributed by atoms with E-state index in [1.807, 2.05) is 0 Å². The molecule has 1 N–H and O–H groups in total. The van der Waals surface area contributed by atoms with E-state index in [4.69, 9.17) is 4.98 Å². The van der Waals surface area contributed by atoms with Gasteiger partial charge in [-0.2, -0.15) is 0 Å². The monoisotopic (exact) mass is 276 g/mol. The molecule has 1 aromatic rings. The van der Waals surface area contributed by atoms with E-state index in [-0.39, 0.29) is 0 Å². The van der Waals surface area contributed by atoms with E-state index in [0.29, 0.717) is 6.04 Å². The van der Waals surface area contributed by atoms with Gasteiger partial charge in [-0.3, -0.25) is 0 Å². The van der Waals surface area contributed by atoms with Crippen LogP contribution in [0.25, 0.3) is 0 Å². The number of aromatic nitrogens is 2. The maximum Gasteiger partial charge on any atom is 0.205 e. The minimum atomic E-state index is 0.682. The zero-order valence-corrected chi connectivity index (χ0v) is 12.9. The number of imidazole rings is 1. The van der Waals surface area contributed by atoms with Gasteiger partial charge in [0.05, 0.1) is 5.69 Å². The molecule has 4 nitrogen and oxygen atoms in total. The second kappa shape index (κ2) is 6.17. The first-order chi connectivity index (χ1) is 9.74. The lowest BCUT2D eigenvalue weighted by atomic mass is 9.98. The van der Waals surface area contributed by atoms with Crippen molar-refractivity contribution in [1.82, 2.24) is 14.9 Å². The Bertz CT molecular complexity index is 428. The van der Waals surface area contributed by atoms with E-state index in [1.165, 1.54) is 57.6 Å². The van der Waals surface area contributed by atoms with E-state index in [0.717, 1.165) is 18.2 Å². The molecule has 0 bridgehead atoms. The highest BCUT2D eigenvalue weighted by atomic mass is 15.3. The molecule has 0 unspecified atom stereocenters. The van der Waals surface area contributed by atoms with Crippen molar-refractivity contribution in [2.45, 2.75) is 51.5 Å². The summed E-state index contributed by atoms with van der Waals surface area (Å²) in [7, 11) is 2.22. The Morgan fingerprint density at radius 1 is 1.25 bits per heavy atom. The predicted molar refractivity (Wildman–Crippen MR) is 83.3 cm³/mol. The Balaban J connectivity index is 1.71. The average molecular weight is 276 g/mol. The first-order valence-corrected chi connectivity index (χ1v) is 8.21. The minimum Gasteiger partial charge on any atom is -0.345 e. The number of aryl methyl sites for hydroxylation is 1. The molecule has 0 aromatic carbocycles. The van der Waals surface area contributed by atoms with Crippen molar-refractivity contribution < 1.29 is 0 Å². The Morgan fingerprint density at radius 3 is 2.65 bits per heavy atom. The lowest BCUT2D eigenvalue weighted by molar-refractivity contribution is 0.374. The summed E-state index contributed by atoms with van der Waals surface area (Å²) in [5.74, 6) is 2.00. The van der Waals surface area contributed by atoms with Crippen LogP contribution >= 0.6 is 0 Å². The van der Waals surface area contributed by atoms with Crippen molar-refractivity contribution in [1.29, 1.82) is 0 Å². The predicted octanol–water partition coefficient (Wildman–Crippen LogP) is 2.74. The van der Waals surface area contributed by atoms with Crippen LogP contribution in [0, 0.1) is 12.8 Å². The van der Waals surface area contributed by atoms with Gasteiger partial charge < -0.3 is 14.8 Å². The van der Waals surface area contributed by atoms with Crippen LogP contribution < -0.4 is 10.2 Å². The van der Waals surface area contributed by atoms with Crippen LogP contribution in [0.1, 0.15) is 50.3 Å². The van der Waals surface area contributed by atoms with E-state index >= 15 is 0 Å². The fourth-order valence-corrected chi connectivity index (χ4v) is 3.77. The van der Waals surface area contributed by atoms with Gasteiger partial charge in [0.15, 0.2) is 0 Å². The SMILES string of the molecule is Cc1cn(C2CCCC2)c(N(C)CC2CCNCC2)n1. The van der Waals surface area contributed by atoms with Crippen molar-refractivity contribution in [2.75, 3.05) is 31.6 Å². The number of hydrogen-bond acceptors (Lipinski definition) is 3. The van der Waals surface area contributed by atoms with Gasteiger partial charge in [-0.1, -0.05) is 12.8 Å². The lowest BCUT2D eigenvalue weighted by Gasteiger charge is -2.29. The molecule has 0 radical (unpaired) electrons. The average Bonchev–Trinajstić information content (AvgIpc) is 3.08. The second-order valence-electron chi connectivity index (χ2n) is 6.60. The normalized spacial score (nSPS) is 21.5. The molecule has 20 heavy (non-hydrogen) atoms. The molecule has 2 fully saturated rings. The van der Waals surface area contributed by atoms with Gasteiger partial charge >= 0.3 is 0 Å².